The molecule has 0 aliphatic heterocycles. The van der Waals surface area contributed by atoms with Gasteiger partial charge in [0.05, 0.1) is 5.56 Å². The molecule has 5 nitrogen and oxygen atoms in total. The maximum Gasteiger partial charge on any atom is 0.256 e. The van der Waals surface area contributed by atoms with Crippen LogP contribution in [-0.2, 0) is 0 Å². The lowest BCUT2D eigenvalue weighted by atomic mass is 10.2. The summed E-state index contributed by atoms with van der Waals surface area (Å²) in [6.07, 6.45) is 0. The van der Waals surface area contributed by atoms with Crippen molar-refractivity contribution in [1.82, 2.24) is 0 Å². The zero-order valence-corrected chi connectivity index (χ0v) is 12.0. The van der Waals surface area contributed by atoms with Gasteiger partial charge >= 0.3 is 0 Å². The number of carbonyl (C=O) groups excluding carboxylic acids is 2. The molecule has 2 amide bonds. The Balaban J connectivity index is 2.15. The first-order valence-electron chi connectivity index (χ1n) is 5.95. The van der Waals surface area contributed by atoms with Gasteiger partial charge in [-0.3, -0.25) is 9.59 Å². The van der Waals surface area contributed by atoms with Gasteiger partial charge in [-0.1, -0.05) is 0 Å². The van der Waals surface area contributed by atoms with E-state index < -0.39 is 5.91 Å². The van der Waals surface area contributed by atoms with Crippen LogP contribution in [0, 0.1) is 0 Å². The van der Waals surface area contributed by atoms with E-state index in [1.807, 2.05) is 31.1 Å². The average molecular weight is 289 g/mol. The van der Waals surface area contributed by atoms with Crippen molar-refractivity contribution in [3.05, 3.63) is 46.8 Å². The number of nitrogens with one attached hydrogen (secondary N) is 1. The van der Waals surface area contributed by atoms with Gasteiger partial charge < -0.3 is 16.0 Å². The van der Waals surface area contributed by atoms with Crippen molar-refractivity contribution in [3.63, 3.8) is 0 Å². The highest BCUT2D eigenvalue weighted by atomic mass is 32.1. The van der Waals surface area contributed by atoms with Crippen LogP contribution < -0.4 is 16.0 Å². The smallest absolute Gasteiger partial charge is 0.256 e. The number of rotatable bonds is 4. The fourth-order valence-electron chi connectivity index (χ4n) is 1.69. The molecule has 6 heteroatoms. The number of anilines is 2. The van der Waals surface area contributed by atoms with E-state index in [9.17, 15) is 9.59 Å². The lowest BCUT2D eigenvalue weighted by Gasteiger charge is -2.12. The number of carbonyl (C=O) groups is 2. The Hall–Kier alpha value is -2.34. The third-order valence-electron chi connectivity index (χ3n) is 2.80. The molecule has 3 N–H and O–H groups in total. The van der Waals surface area contributed by atoms with Gasteiger partial charge in [-0.15, -0.1) is 11.3 Å². The third kappa shape index (κ3) is 2.97. The fourth-order valence-corrected chi connectivity index (χ4v) is 2.47. The van der Waals surface area contributed by atoms with Crippen molar-refractivity contribution in [2.45, 2.75) is 0 Å². The SMILES string of the molecule is CN(C)c1ccc(C(=O)Nc2sccc2C(N)=O)cc1. The van der Waals surface area contributed by atoms with Gasteiger partial charge in [-0.25, -0.2) is 0 Å². The second-order valence-corrected chi connectivity index (χ2v) is 5.34. The Kier molecular flexibility index (Phi) is 4.05. The van der Waals surface area contributed by atoms with E-state index in [1.165, 1.54) is 11.3 Å². The van der Waals surface area contributed by atoms with Crippen LogP contribution in [0.5, 0.6) is 0 Å². The first kappa shape index (κ1) is 14.1. The molecule has 1 aromatic carbocycles. The lowest BCUT2D eigenvalue weighted by molar-refractivity contribution is 0.100. The van der Waals surface area contributed by atoms with Gasteiger partial charge in [0.2, 0.25) is 0 Å². The first-order valence-corrected chi connectivity index (χ1v) is 6.83. The van der Waals surface area contributed by atoms with Crippen LogP contribution in [0.3, 0.4) is 0 Å². The number of thiophene rings is 1. The highest BCUT2D eigenvalue weighted by molar-refractivity contribution is 7.14. The van der Waals surface area contributed by atoms with Crippen molar-refractivity contribution < 1.29 is 9.59 Å². The van der Waals surface area contributed by atoms with Crippen molar-refractivity contribution in [2.24, 2.45) is 5.73 Å². The molecule has 2 aromatic rings. The number of primary amides is 1. The lowest BCUT2D eigenvalue weighted by Crippen LogP contribution is -2.16. The summed E-state index contributed by atoms with van der Waals surface area (Å²) in [7, 11) is 3.86. The number of benzene rings is 1. The molecule has 0 spiro atoms. The van der Waals surface area contributed by atoms with Gasteiger partial charge in [-0.05, 0) is 35.7 Å². The fraction of sp³-hybridized carbons (Fsp3) is 0.143. The monoisotopic (exact) mass is 289 g/mol. The Bertz CT molecular complexity index is 632. The molecule has 0 radical (unpaired) electrons. The largest absolute Gasteiger partial charge is 0.378 e. The molecule has 0 atom stereocenters. The molecule has 0 aliphatic carbocycles. The minimum absolute atomic E-state index is 0.264. The quantitative estimate of drug-likeness (QED) is 0.905. The maximum atomic E-state index is 12.1. The summed E-state index contributed by atoms with van der Waals surface area (Å²) < 4.78 is 0. The molecule has 0 unspecified atom stereocenters. The molecule has 1 aromatic heterocycles. The summed E-state index contributed by atoms with van der Waals surface area (Å²) in [6.45, 7) is 0. The van der Waals surface area contributed by atoms with Crippen LogP contribution in [0.15, 0.2) is 35.7 Å². The second kappa shape index (κ2) is 5.75. The van der Waals surface area contributed by atoms with E-state index in [4.69, 9.17) is 5.73 Å². The summed E-state index contributed by atoms with van der Waals surface area (Å²) in [5.74, 6) is -0.815. The number of amides is 2. The van der Waals surface area contributed by atoms with Crippen molar-refractivity contribution in [3.8, 4) is 0 Å². The normalized spacial score (nSPS) is 10.1. The van der Waals surface area contributed by atoms with Crippen LogP contribution in [0.25, 0.3) is 0 Å². The third-order valence-corrected chi connectivity index (χ3v) is 3.63. The van der Waals surface area contributed by atoms with Crippen LogP contribution >= 0.6 is 11.3 Å². The summed E-state index contributed by atoms with van der Waals surface area (Å²) >= 11 is 1.27. The Labute approximate surface area is 121 Å². The molecule has 0 fully saturated rings. The minimum Gasteiger partial charge on any atom is -0.378 e. The second-order valence-electron chi connectivity index (χ2n) is 4.42. The van der Waals surface area contributed by atoms with Crippen molar-refractivity contribution in [2.75, 3.05) is 24.3 Å². The van der Waals surface area contributed by atoms with E-state index in [0.29, 0.717) is 16.1 Å². The average Bonchev–Trinajstić information content (AvgIpc) is 2.87. The highest BCUT2D eigenvalue weighted by Crippen LogP contribution is 2.23. The van der Waals surface area contributed by atoms with Gasteiger partial charge in [-0.2, -0.15) is 0 Å². The topological polar surface area (TPSA) is 75.4 Å². The summed E-state index contributed by atoms with van der Waals surface area (Å²) in [4.78, 5) is 25.2. The van der Waals surface area contributed by atoms with Gasteiger partial charge in [0.15, 0.2) is 0 Å². The highest BCUT2D eigenvalue weighted by Gasteiger charge is 2.13. The maximum absolute atomic E-state index is 12.1. The Morgan fingerprint density at radius 2 is 1.80 bits per heavy atom. The van der Waals surface area contributed by atoms with E-state index in [2.05, 4.69) is 5.32 Å². The van der Waals surface area contributed by atoms with E-state index in [1.54, 1.807) is 23.6 Å². The predicted octanol–water partition coefficient (Wildman–Crippen LogP) is 2.17. The number of nitrogens with two attached hydrogens (primary N) is 1. The Morgan fingerprint density at radius 1 is 1.15 bits per heavy atom. The number of hydrogen-bond donors (Lipinski definition) is 2. The van der Waals surface area contributed by atoms with Crippen LogP contribution in [-0.4, -0.2) is 25.9 Å². The number of hydrogen-bond acceptors (Lipinski definition) is 4. The molecular weight excluding hydrogens is 274 g/mol. The first-order chi connectivity index (χ1) is 9.49. The molecule has 104 valence electrons. The molecule has 1 heterocycles. The van der Waals surface area contributed by atoms with Crippen LogP contribution in [0.4, 0.5) is 10.7 Å². The molecule has 0 bridgehead atoms. The molecule has 0 saturated heterocycles. The zero-order valence-electron chi connectivity index (χ0n) is 11.2. The molecule has 0 saturated carbocycles. The van der Waals surface area contributed by atoms with Gasteiger partial charge in [0.25, 0.3) is 11.8 Å². The standard InChI is InChI=1S/C14H15N3O2S/c1-17(2)10-5-3-9(4-6-10)13(19)16-14-11(12(15)18)7-8-20-14/h3-8H,1-2H3,(H2,15,18)(H,16,19). The molecule has 20 heavy (non-hydrogen) atoms. The molecule has 0 aliphatic rings. The van der Waals surface area contributed by atoms with E-state index >= 15 is 0 Å². The molecular formula is C14H15N3O2S. The van der Waals surface area contributed by atoms with E-state index in [-0.39, 0.29) is 5.91 Å². The Morgan fingerprint density at radius 3 is 2.35 bits per heavy atom. The van der Waals surface area contributed by atoms with Crippen molar-refractivity contribution >= 4 is 33.8 Å². The number of nitrogens with zero attached hydrogens (tertiary/aromatic N) is 1. The summed E-state index contributed by atoms with van der Waals surface area (Å²) in [5.41, 5.74) is 7.10. The summed E-state index contributed by atoms with van der Waals surface area (Å²) in [6, 6.07) is 8.79. The van der Waals surface area contributed by atoms with Crippen molar-refractivity contribution in [1.29, 1.82) is 0 Å². The van der Waals surface area contributed by atoms with Crippen LogP contribution in [0.1, 0.15) is 20.7 Å². The van der Waals surface area contributed by atoms with Crippen LogP contribution in [0.2, 0.25) is 0 Å². The van der Waals surface area contributed by atoms with Gasteiger partial charge in [0.1, 0.15) is 5.00 Å². The predicted molar refractivity (Wildman–Crippen MR) is 81.6 cm³/mol. The van der Waals surface area contributed by atoms with E-state index in [0.717, 1.165) is 5.69 Å². The zero-order chi connectivity index (χ0) is 14.7. The van der Waals surface area contributed by atoms with Gasteiger partial charge in [0, 0.05) is 25.3 Å². The molecule has 2 rings (SSSR count). The minimum atomic E-state index is -0.551. The summed E-state index contributed by atoms with van der Waals surface area (Å²) in [5, 5.41) is 4.89.